The minimum Gasteiger partial charge on any atom is -0.316 e. The second-order valence-corrected chi connectivity index (χ2v) is 10.6. The normalized spacial score (nSPS) is 13.8. The van der Waals surface area contributed by atoms with E-state index in [1.165, 1.54) is 39.2 Å². The summed E-state index contributed by atoms with van der Waals surface area (Å²) < 4.78 is 0. The Hall–Kier alpha value is -5.60. The summed E-state index contributed by atoms with van der Waals surface area (Å²) in [6.07, 6.45) is 19.6. The number of benzene rings is 5. The van der Waals surface area contributed by atoms with Crippen LogP contribution in [-0.4, -0.2) is 0 Å². The highest BCUT2D eigenvalue weighted by atomic mass is 15.1. The van der Waals surface area contributed by atoms with Gasteiger partial charge in [0, 0.05) is 11.9 Å². The number of allylic oxidation sites excluding steroid dienone is 5. The Kier molecular flexibility index (Phi) is 7.17. The summed E-state index contributed by atoms with van der Waals surface area (Å²) in [7, 11) is 0. The molecule has 2 nitrogen and oxygen atoms in total. The summed E-state index contributed by atoms with van der Waals surface area (Å²) >= 11 is 0. The van der Waals surface area contributed by atoms with Crippen LogP contribution in [0.2, 0.25) is 0 Å². The Morgan fingerprint density at radius 3 is 1.44 bits per heavy atom. The number of nitrogens with zero attached hydrogens (tertiary/aromatic N) is 2. The first-order valence-corrected chi connectivity index (χ1v) is 14.7. The van der Waals surface area contributed by atoms with Crippen LogP contribution in [0, 0.1) is 0 Å². The molecule has 0 saturated heterocycles. The van der Waals surface area contributed by atoms with E-state index >= 15 is 0 Å². The molecule has 0 atom stereocenters. The van der Waals surface area contributed by atoms with Crippen LogP contribution in [0.15, 0.2) is 152 Å². The minimum absolute atomic E-state index is 1.13. The van der Waals surface area contributed by atoms with Crippen molar-refractivity contribution in [3.63, 3.8) is 0 Å². The first-order chi connectivity index (χ1) is 21.3. The summed E-state index contributed by atoms with van der Waals surface area (Å²) in [5, 5.41) is 0. The SMILES string of the molecule is C\C=C/C(=C\C=C\N1c2ccccc2C=Cc2ccccc21)c1ccc(N2c3ccccc3C=Cc3ccccc32)cc1. The summed E-state index contributed by atoms with van der Waals surface area (Å²) in [5.41, 5.74) is 12.9. The van der Waals surface area contributed by atoms with Crippen LogP contribution < -0.4 is 9.80 Å². The molecule has 0 fully saturated rings. The third-order valence-corrected chi connectivity index (χ3v) is 7.95. The van der Waals surface area contributed by atoms with Crippen molar-refractivity contribution in [2.24, 2.45) is 0 Å². The van der Waals surface area contributed by atoms with Gasteiger partial charge in [-0.2, -0.15) is 0 Å². The highest BCUT2D eigenvalue weighted by Gasteiger charge is 2.19. The van der Waals surface area contributed by atoms with Crippen molar-refractivity contribution in [3.05, 3.63) is 180 Å². The Morgan fingerprint density at radius 1 is 0.512 bits per heavy atom. The maximum atomic E-state index is 2.36. The Labute approximate surface area is 254 Å². The molecule has 0 aliphatic carbocycles. The van der Waals surface area contributed by atoms with Gasteiger partial charge < -0.3 is 9.80 Å². The molecule has 0 unspecified atom stereocenters. The molecule has 2 heteroatoms. The molecule has 43 heavy (non-hydrogen) atoms. The van der Waals surface area contributed by atoms with E-state index in [4.69, 9.17) is 0 Å². The third kappa shape index (κ3) is 5.16. The summed E-state index contributed by atoms with van der Waals surface area (Å²) in [5.74, 6) is 0. The second kappa shape index (κ2) is 11.7. The van der Waals surface area contributed by atoms with Crippen LogP contribution in [0.4, 0.5) is 28.4 Å². The molecular weight excluding hydrogens is 520 g/mol. The van der Waals surface area contributed by atoms with E-state index < -0.39 is 0 Å². The molecule has 2 aliphatic heterocycles. The maximum Gasteiger partial charge on any atom is 0.0534 e. The fourth-order valence-electron chi connectivity index (χ4n) is 5.88. The molecule has 7 rings (SSSR count). The van der Waals surface area contributed by atoms with Crippen LogP contribution in [0.5, 0.6) is 0 Å². The van der Waals surface area contributed by atoms with Gasteiger partial charge in [0.1, 0.15) is 0 Å². The zero-order valence-electron chi connectivity index (χ0n) is 24.1. The molecule has 2 heterocycles. The highest BCUT2D eigenvalue weighted by molar-refractivity contribution is 5.94. The third-order valence-electron chi connectivity index (χ3n) is 7.95. The van der Waals surface area contributed by atoms with Gasteiger partial charge in [0.05, 0.1) is 22.7 Å². The fourth-order valence-corrected chi connectivity index (χ4v) is 5.88. The van der Waals surface area contributed by atoms with E-state index in [0.29, 0.717) is 0 Å². The number of hydrogen-bond acceptors (Lipinski definition) is 2. The molecule has 0 amide bonds. The van der Waals surface area contributed by atoms with Crippen molar-refractivity contribution < 1.29 is 0 Å². The van der Waals surface area contributed by atoms with E-state index in [-0.39, 0.29) is 0 Å². The molecule has 0 aromatic heterocycles. The lowest BCUT2D eigenvalue weighted by molar-refractivity contribution is 1.27. The average Bonchev–Trinajstić information content (AvgIpc) is 3.33. The molecule has 0 spiro atoms. The van der Waals surface area contributed by atoms with Crippen molar-refractivity contribution in [2.45, 2.75) is 6.92 Å². The zero-order valence-corrected chi connectivity index (χ0v) is 24.1. The largest absolute Gasteiger partial charge is 0.316 e. The molecular formula is C41H32N2. The topological polar surface area (TPSA) is 6.48 Å². The monoisotopic (exact) mass is 552 g/mol. The average molecular weight is 553 g/mol. The lowest BCUT2D eigenvalue weighted by Gasteiger charge is -2.27. The van der Waals surface area contributed by atoms with Gasteiger partial charge >= 0.3 is 0 Å². The van der Waals surface area contributed by atoms with Gasteiger partial charge in [0.15, 0.2) is 0 Å². The van der Waals surface area contributed by atoms with Gasteiger partial charge in [-0.3, -0.25) is 0 Å². The Bertz CT molecular complexity index is 1840. The predicted octanol–water partition coefficient (Wildman–Crippen LogP) is 11.4. The summed E-state index contributed by atoms with van der Waals surface area (Å²) in [6, 6.07) is 43.1. The Balaban J connectivity index is 1.23. The molecule has 0 saturated carbocycles. The molecule has 0 radical (unpaired) electrons. The predicted molar refractivity (Wildman–Crippen MR) is 186 cm³/mol. The van der Waals surface area contributed by atoms with Crippen LogP contribution in [0.1, 0.15) is 34.7 Å². The van der Waals surface area contributed by atoms with E-state index in [9.17, 15) is 0 Å². The number of fused-ring (bicyclic) bond motifs is 4. The zero-order chi connectivity index (χ0) is 29.0. The lowest BCUT2D eigenvalue weighted by atomic mass is 10.0. The molecule has 5 aromatic rings. The highest BCUT2D eigenvalue weighted by Crippen LogP contribution is 2.42. The van der Waals surface area contributed by atoms with Crippen molar-refractivity contribution >= 4 is 58.3 Å². The van der Waals surface area contributed by atoms with Crippen molar-refractivity contribution in [1.82, 2.24) is 0 Å². The lowest BCUT2D eigenvalue weighted by Crippen LogP contribution is -2.11. The minimum atomic E-state index is 1.13. The van der Waals surface area contributed by atoms with Crippen LogP contribution in [0.25, 0.3) is 29.9 Å². The molecule has 5 aromatic carbocycles. The molecule has 0 bridgehead atoms. The van der Waals surface area contributed by atoms with Crippen LogP contribution in [0.3, 0.4) is 0 Å². The van der Waals surface area contributed by atoms with Gasteiger partial charge in [-0.15, -0.1) is 0 Å². The first kappa shape index (κ1) is 26.3. The number of para-hydroxylation sites is 4. The van der Waals surface area contributed by atoms with E-state index in [2.05, 4.69) is 193 Å². The van der Waals surface area contributed by atoms with Crippen molar-refractivity contribution in [3.8, 4) is 0 Å². The van der Waals surface area contributed by atoms with E-state index in [1.54, 1.807) is 0 Å². The summed E-state index contributed by atoms with van der Waals surface area (Å²) in [6.45, 7) is 2.07. The van der Waals surface area contributed by atoms with Gasteiger partial charge in [0.25, 0.3) is 0 Å². The fraction of sp³-hybridized carbons (Fsp3) is 0.0244. The number of rotatable bonds is 5. The molecule has 206 valence electrons. The van der Waals surface area contributed by atoms with Gasteiger partial charge in [-0.1, -0.05) is 127 Å². The summed E-state index contributed by atoms with van der Waals surface area (Å²) in [4.78, 5) is 4.63. The van der Waals surface area contributed by atoms with Gasteiger partial charge in [-0.25, -0.2) is 0 Å². The quantitative estimate of drug-likeness (QED) is 0.196. The number of anilines is 5. The van der Waals surface area contributed by atoms with E-state index in [0.717, 1.165) is 22.6 Å². The maximum absolute atomic E-state index is 2.36. The van der Waals surface area contributed by atoms with Crippen molar-refractivity contribution in [1.29, 1.82) is 0 Å². The first-order valence-electron chi connectivity index (χ1n) is 14.7. The molecule has 2 aliphatic rings. The standard InChI is InChI=1S/C41H32N2/c1-2-12-31(17-11-30-42-38-18-7-3-13-33(38)22-23-34-14-4-8-19-39(34)42)32-26-28-37(29-27-32)43-40-20-9-5-15-35(40)24-25-36-16-6-10-21-41(36)43/h2-30H,1H3/b12-2-,30-11+,31-17+. The van der Waals surface area contributed by atoms with Crippen LogP contribution in [-0.2, 0) is 0 Å². The molecule has 0 N–H and O–H groups in total. The van der Waals surface area contributed by atoms with Gasteiger partial charge in [0.2, 0.25) is 0 Å². The van der Waals surface area contributed by atoms with Crippen molar-refractivity contribution in [2.75, 3.05) is 9.80 Å². The Morgan fingerprint density at radius 2 is 0.953 bits per heavy atom. The number of hydrogen-bond donors (Lipinski definition) is 0. The second-order valence-electron chi connectivity index (χ2n) is 10.6. The smallest absolute Gasteiger partial charge is 0.0534 e. The van der Waals surface area contributed by atoms with E-state index in [1.807, 2.05) is 0 Å². The van der Waals surface area contributed by atoms with Crippen LogP contribution >= 0.6 is 0 Å². The van der Waals surface area contributed by atoms with Gasteiger partial charge in [-0.05, 0) is 82.8 Å².